The van der Waals surface area contributed by atoms with Crippen LogP contribution in [0.5, 0.6) is 0 Å². The molecule has 0 fully saturated rings. The molecular weight excluding hydrogens is 462 g/mol. The van der Waals surface area contributed by atoms with Crippen molar-refractivity contribution in [3.63, 3.8) is 0 Å². The highest BCUT2D eigenvalue weighted by Gasteiger charge is 2.48. The van der Waals surface area contributed by atoms with E-state index in [1.807, 2.05) is 30.3 Å². The second-order valence-corrected chi connectivity index (χ2v) is 12.2. The molecule has 5 nitrogen and oxygen atoms in total. The van der Waals surface area contributed by atoms with Crippen molar-refractivity contribution in [2.75, 3.05) is 7.11 Å². The molecule has 2 aromatic rings. The van der Waals surface area contributed by atoms with Crippen LogP contribution in [0.3, 0.4) is 0 Å². The van der Waals surface area contributed by atoms with Crippen molar-refractivity contribution in [3.05, 3.63) is 93.8 Å². The maximum Gasteiger partial charge on any atom is 0.337 e. The smallest absolute Gasteiger partial charge is 0.337 e. The predicted octanol–water partition coefficient (Wildman–Crippen LogP) is 6.36. The summed E-state index contributed by atoms with van der Waals surface area (Å²) >= 11 is 0. The van der Waals surface area contributed by atoms with Gasteiger partial charge in [0.15, 0.2) is 11.6 Å². The van der Waals surface area contributed by atoms with Crippen molar-refractivity contribution in [3.8, 4) is 0 Å². The zero-order valence-electron chi connectivity index (χ0n) is 22.4. The molecule has 1 heterocycles. The molecule has 0 saturated heterocycles. The molecule has 0 bridgehead atoms. The summed E-state index contributed by atoms with van der Waals surface area (Å²) in [6.45, 7) is 9.22. The third-order valence-electron chi connectivity index (χ3n) is 7.87. The summed E-state index contributed by atoms with van der Waals surface area (Å²) in [4.78, 5) is 42.1. The van der Waals surface area contributed by atoms with Crippen LogP contribution in [0.2, 0.25) is 0 Å². The Kier molecular flexibility index (Phi) is 6.21. The van der Waals surface area contributed by atoms with Crippen LogP contribution in [-0.4, -0.2) is 29.5 Å². The molecule has 5 heteroatoms. The Morgan fingerprint density at radius 1 is 0.811 bits per heavy atom. The van der Waals surface area contributed by atoms with Crippen LogP contribution in [0.1, 0.15) is 80.8 Å². The van der Waals surface area contributed by atoms with Gasteiger partial charge in [-0.3, -0.25) is 9.59 Å². The maximum atomic E-state index is 13.9. The Labute approximate surface area is 219 Å². The summed E-state index contributed by atoms with van der Waals surface area (Å²) in [5, 5.41) is 0. The summed E-state index contributed by atoms with van der Waals surface area (Å²) in [6.07, 6.45) is 2.43. The number of nitrogens with zero attached hydrogens (tertiary/aromatic N) is 1. The van der Waals surface area contributed by atoms with Gasteiger partial charge in [-0.15, -0.1) is 0 Å². The first-order valence-corrected chi connectivity index (χ1v) is 13.0. The summed E-state index contributed by atoms with van der Waals surface area (Å²) in [6, 6.07) is 17.5. The van der Waals surface area contributed by atoms with Gasteiger partial charge < -0.3 is 9.64 Å². The number of esters is 1. The number of hydrogen-bond acceptors (Lipinski definition) is 5. The minimum absolute atomic E-state index is 0.107. The molecule has 2 aromatic carbocycles. The van der Waals surface area contributed by atoms with Crippen LogP contribution in [0.4, 0.5) is 0 Å². The fraction of sp³-hybridized carbons (Fsp3) is 0.406. The normalized spacial score (nSPS) is 21.1. The second kappa shape index (κ2) is 9.13. The van der Waals surface area contributed by atoms with E-state index < -0.39 is 11.9 Å². The van der Waals surface area contributed by atoms with Gasteiger partial charge in [-0.05, 0) is 46.9 Å². The number of benzene rings is 2. The van der Waals surface area contributed by atoms with E-state index in [0.717, 1.165) is 46.5 Å². The van der Waals surface area contributed by atoms with Crippen LogP contribution >= 0.6 is 0 Å². The summed E-state index contributed by atoms with van der Waals surface area (Å²) in [7, 11) is 1.36. The SMILES string of the molecule is COC(=O)c1ccc(C2C3=C(CC(C)(C)CC3=O)N(Cc3ccccc3)C3=C2C(=O)CC(C)(C)C3)cc1. The Hall–Kier alpha value is -3.47. The first-order valence-electron chi connectivity index (χ1n) is 13.0. The van der Waals surface area contributed by atoms with E-state index in [2.05, 4.69) is 44.7 Å². The summed E-state index contributed by atoms with van der Waals surface area (Å²) in [5.41, 5.74) is 5.69. The van der Waals surface area contributed by atoms with Crippen LogP contribution in [-0.2, 0) is 20.9 Å². The second-order valence-electron chi connectivity index (χ2n) is 12.2. The number of allylic oxidation sites excluding steroid dienone is 4. The maximum absolute atomic E-state index is 13.9. The summed E-state index contributed by atoms with van der Waals surface area (Å²) < 4.78 is 4.87. The van der Waals surface area contributed by atoms with Crippen molar-refractivity contribution in [2.24, 2.45) is 10.8 Å². The van der Waals surface area contributed by atoms with Gasteiger partial charge >= 0.3 is 5.97 Å². The Morgan fingerprint density at radius 3 is 1.81 bits per heavy atom. The number of ketones is 2. The summed E-state index contributed by atoms with van der Waals surface area (Å²) in [5.74, 6) is -0.614. The first-order chi connectivity index (χ1) is 17.5. The highest BCUT2D eigenvalue weighted by Crippen LogP contribution is 2.54. The number of Topliss-reactive ketones (excluding diaryl/α,β-unsaturated/α-hetero) is 2. The molecule has 192 valence electrons. The molecular formula is C32H35NO4. The van der Waals surface area contributed by atoms with E-state index in [9.17, 15) is 14.4 Å². The quantitative estimate of drug-likeness (QED) is 0.460. The fourth-order valence-corrected chi connectivity index (χ4v) is 6.27. The lowest BCUT2D eigenvalue weighted by molar-refractivity contribution is -0.119. The van der Waals surface area contributed by atoms with Gasteiger partial charge in [0.05, 0.1) is 12.7 Å². The lowest BCUT2D eigenvalue weighted by Crippen LogP contribution is -2.44. The van der Waals surface area contributed by atoms with Gasteiger partial charge in [0.2, 0.25) is 0 Å². The molecule has 0 unspecified atom stereocenters. The number of carbonyl (C=O) groups excluding carboxylic acids is 3. The highest BCUT2D eigenvalue weighted by atomic mass is 16.5. The van der Waals surface area contributed by atoms with Crippen molar-refractivity contribution in [2.45, 2.75) is 65.8 Å². The molecule has 0 atom stereocenters. The monoisotopic (exact) mass is 497 g/mol. The van der Waals surface area contributed by atoms with Gasteiger partial charge in [-0.1, -0.05) is 70.2 Å². The predicted molar refractivity (Wildman–Crippen MR) is 143 cm³/mol. The molecule has 0 saturated carbocycles. The van der Waals surface area contributed by atoms with Crippen molar-refractivity contribution < 1.29 is 19.1 Å². The van der Waals surface area contributed by atoms with E-state index in [1.54, 1.807) is 12.1 Å². The highest BCUT2D eigenvalue weighted by molar-refractivity contribution is 6.06. The van der Waals surface area contributed by atoms with Crippen LogP contribution in [0.15, 0.2) is 77.1 Å². The third kappa shape index (κ3) is 4.68. The fourth-order valence-electron chi connectivity index (χ4n) is 6.27. The Bertz CT molecular complexity index is 1270. The number of carbonyl (C=O) groups is 3. The van der Waals surface area contributed by atoms with E-state index >= 15 is 0 Å². The largest absolute Gasteiger partial charge is 0.465 e. The third-order valence-corrected chi connectivity index (χ3v) is 7.87. The molecule has 0 aromatic heterocycles. The molecule has 0 radical (unpaired) electrons. The van der Waals surface area contributed by atoms with Gasteiger partial charge in [-0.2, -0.15) is 0 Å². The van der Waals surface area contributed by atoms with E-state index in [4.69, 9.17) is 4.74 Å². The van der Waals surface area contributed by atoms with Gasteiger partial charge in [0.25, 0.3) is 0 Å². The number of ether oxygens (including phenoxy) is 1. The van der Waals surface area contributed by atoms with Crippen molar-refractivity contribution in [1.29, 1.82) is 0 Å². The van der Waals surface area contributed by atoms with E-state index in [1.165, 1.54) is 7.11 Å². The van der Waals surface area contributed by atoms with Crippen molar-refractivity contribution >= 4 is 17.5 Å². The van der Waals surface area contributed by atoms with Crippen LogP contribution < -0.4 is 0 Å². The minimum atomic E-state index is -0.420. The van der Waals surface area contributed by atoms with E-state index in [-0.39, 0.29) is 22.4 Å². The van der Waals surface area contributed by atoms with Gasteiger partial charge in [0.1, 0.15) is 0 Å². The lowest BCUT2D eigenvalue weighted by atomic mass is 9.63. The van der Waals surface area contributed by atoms with Crippen LogP contribution in [0, 0.1) is 10.8 Å². The Balaban J connectivity index is 1.73. The average molecular weight is 498 g/mol. The molecule has 5 rings (SSSR count). The molecule has 0 spiro atoms. The molecule has 1 aliphatic heterocycles. The topological polar surface area (TPSA) is 63.7 Å². The average Bonchev–Trinajstić information content (AvgIpc) is 2.83. The number of rotatable bonds is 4. The van der Waals surface area contributed by atoms with Gasteiger partial charge in [-0.25, -0.2) is 4.79 Å². The zero-order valence-corrected chi connectivity index (χ0v) is 22.4. The minimum Gasteiger partial charge on any atom is -0.465 e. The Morgan fingerprint density at radius 2 is 1.32 bits per heavy atom. The first kappa shape index (κ1) is 25.2. The molecule has 0 N–H and O–H groups in total. The van der Waals surface area contributed by atoms with Crippen molar-refractivity contribution in [1.82, 2.24) is 4.90 Å². The zero-order chi connectivity index (χ0) is 26.5. The van der Waals surface area contributed by atoms with Crippen LogP contribution in [0.25, 0.3) is 0 Å². The molecule has 37 heavy (non-hydrogen) atoms. The molecule has 0 amide bonds. The molecule has 3 aliphatic rings. The standard InChI is InChI=1S/C32H35NO4/c1-31(2)15-23-28(25(34)17-31)27(21-11-13-22(14-12-21)30(36)37-5)29-24(16-32(3,4)18-26(29)35)33(23)19-20-9-7-6-8-10-20/h6-14,27H,15-19H2,1-5H3. The molecule has 2 aliphatic carbocycles. The lowest BCUT2D eigenvalue weighted by Gasteiger charge is -2.49. The van der Waals surface area contributed by atoms with E-state index in [0.29, 0.717) is 24.9 Å². The number of methoxy groups -OCH3 is 1. The van der Waals surface area contributed by atoms with Gasteiger partial charge in [0, 0.05) is 47.8 Å². The number of hydrogen-bond donors (Lipinski definition) is 0.